The van der Waals surface area contributed by atoms with Crippen molar-refractivity contribution < 1.29 is 4.79 Å². The fraction of sp³-hybridized carbons (Fsp3) is 0.417. The molecule has 0 aliphatic carbocycles. The SMILES string of the molecule is CN=C(NCC(=O)N1CCCCC1)NCC(Cc1ccccc1)c1ccccc1.I. The van der Waals surface area contributed by atoms with E-state index in [2.05, 4.69) is 64.2 Å². The third-order valence-corrected chi connectivity index (χ3v) is 5.45. The number of nitrogens with one attached hydrogen (secondary N) is 2. The molecule has 1 fully saturated rings. The van der Waals surface area contributed by atoms with Crippen LogP contribution in [0.1, 0.15) is 36.3 Å². The molecule has 1 aliphatic heterocycles. The molecule has 1 atom stereocenters. The third-order valence-electron chi connectivity index (χ3n) is 5.45. The number of hydrogen-bond donors (Lipinski definition) is 2. The minimum absolute atomic E-state index is 0. The van der Waals surface area contributed by atoms with Gasteiger partial charge in [0.1, 0.15) is 0 Å². The highest BCUT2D eigenvalue weighted by Crippen LogP contribution is 2.20. The first kappa shape index (κ1) is 24.2. The molecule has 1 unspecified atom stereocenters. The van der Waals surface area contributed by atoms with Crippen LogP contribution in [0.25, 0.3) is 0 Å². The van der Waals surface area contributed by atoms with Crippen LogP contribution in [0.15, 0.2) is 65.7 Å². The van der Waals surface area contributed by atoms with Crippen molar-refractivity contribution in [2.45, 2.75) is 31.6 Å². The number of rotatable bonds is 7. The van der Waals surface area contributed by atoms with Crippen LogP contribution < -0.4 is 10.6 Å². The van der Waals surface area contributed by atoms with E-state index in [1.807, 2.05) is 17.0 Å². The summed E-state index contributed by atoms with van der Waals surface area (Å²) in [5.74, 6) is 1.14. The number of hydrogen-bond acceptors (Lipinski definition) is 2. The molecular weight excluding hydrogens is 487 g/mol. The van der Waals surface area contributed by atoms with Crippen LogP contribution in [0.4, 0.5) is 0 Å². The maximum Gasteiger partial charge on any atom is 0.241 e. The second-order valence-electron chi connectivity index (χ2n) is 7.55. The van der Waals surface area contributed by atoms with Gasteiger partial charge in [-0.15, -0.1) is 24.0 Å². The van der Waals surface area contributed by atoms with Crippen molar-refractivity contribution in [1.82, 2.24) is 15.5 Å². The van der Waals surface area contributed by atoms with Crippen molar-refractivity contribution in [2.75, 3.05) is 33.2 Å². The highest BCUT2D eigenvalue weighted by molar-refractivity contribution is 14.0. The fourth-order valence-corrected chi connectivity index (χ4v) is 3.79. The Balaban J connectivity index is 0.00000320. The van der Waals surface area contributed by atoms with E-state index in [1.165, 1.54) is 17.5 Å². The smallest absolute Gasteiger partial charge is 0.241 e. The number of likely N-dealkylation sites (tertiary alicyclic amines) is 1. The van der Waals surface area contributed by atoms with Gasteiger partial charge in [-0.25, -0.2) is 0 Å². The summed E-state index contributed by atoms with van der Waals surface area (Å²) in [6, 6.07) is 21.1. The zero-order valence-corrected chi connectivity index (χ0v) is 20.0. The Bertz CT molecular complexity index is 776. The Hall–Kier alpha value is -2.09. The molecule has 1 amide bonds. The van der Waals surface area contributed by atoms with E-state index < -0.39 is 0 Å². The largest absolute Gasteiger partial charge is 0.356 e. The van der Waals surface area contributed by atoms with Crippen molar-refractivity contribution in [3.63, 3.8) is 0 Å². The average Bonchev–Trinajstić information content (AvgIpc) is 2.80. The van der Waals surface area contributed by atoms with Crippen LogP contribution >= 0.6 is 24.0 Å². The zero-order chi connectivity index (χ0) is 20.3. The minimum atomic E-state index is 0. The third kappa shape index (κ3) is 7.63. The number of halogens is 1. The van der Waals surface area contributed by atoms with Crippen molar-refractivity contribution in [3.05, 3.63) is 71.8 Å². The van der Waals surface area contributed by atoms with Crippen molar-refractivity contribution >= 4 is 35.8 Å². The predicted octanol–water partition coefficient (Wildman–Crippen LogP) is 3.81. The molecule has 30 heavy (non-hydrogen) atoms. The Morgan fingerprint density at radius 2 is 1.60 bits per heavy atom. The molecule has 2 aromatic rings. The van der Waals surface area contributed by atoms with Gasteiger partial charge < -0.3 is 15.5 Å². The van der Waals surface area contributed by atoms with Gasteiger partial charge in [0.05, 0.1) is 6.54 Å². The van der Waals surface area contributed by atoms with Crippen molar-refractivity contribution in [2.24, 2.45) is 4.99 Å². The van der Waals surface area contributed by atoms with Crippen LogP contribution in [-0.4, -0.2) is 50.0 Å². The van der Waals surface area contributed by atoms with Gasteiger partial charge in [0.15, 0.2) is 5.96 Å². The van der Waals surface area contributed by atoms with E-state index >= 15 is 0 Å². The molecule has 1 saturated heterocycles. The lowest BCUT2D eigenvalue weighted by Gasteiger charge is -2.27. The molecule has 0 bridgehead atoms. The predicted molar refractivity (Wildman–Crippen MR) is 135 cm³/mol. The quantitative estimate of drug-likeness (QED) is 0.332. The molecular formula is C24H33IN4O. The van der Waals surface area contributed by atoms with Gasteiger partial charge in [-0.2, -0.15) is 0 Å². The molecule has 0 aromatic heterocycles. The van der Waals surface area contributed by atoms with Gasteiger partial charge in [-0.05, 0) is 36.8 Å². The Kier molecular flexibility index (Phi) is 10.7. The summed E-state index contributed by atoms with van der Waals surface area (Å²) in [5, 5.41) is 6.60. The first-order chi connectivity index (χ1) is 14.3. The maximum absolute atomic E-state index is 12.4. The molecule has 3 rings (SSSR count). The van der Waals surface area contributed by atoms with Gasteiger partial charge in [-0.3, -0.25) is 9.79 Å². The fourth-order valence-electron chi connectivity index (χ4n) is 3.79. The first-order valence-corrected chi connectivity index (χ1v) is 10.6. The summed E-state index contributed by atoms with van der Waals surface area (Å²) in [5.41, 5.74) is 2.61. The van der Waals surface area contributed by atoms with Crippen molar-refractivity contribution in [3.8, 4) is 0 Å². The van der Waals surface area contributed by atoms with Crippen molar-refractivity contribution in [1.29, 1.82) is 0 Å². The van der Waals surface area contributed by atoms with Gasteiger partial charge in [0.25, 0.3) is 0 Å². The molecule has 6 heteroatoms. The molecule has 2 N–H and O–H groups in total. The molecule has 2 aromatic carbocycles. The number of benzene rings is 2. The van der Waals surface area contributed by atoms with Gasteiger partial charge in [0.2, 0.25) is 5.91 Å². The number of carbonyl (C=O) groups is 1. The summed E-state index contributed by atoms with van der Waals surface area (Å²) in [6.45, 7) is 2.78. The van der Waals surface area contributed by atoms with Crippen LogP contribution in [-0.2, 0) is 11.2 Å². The van der Waals surface area contributed by atoms with Crippen LogP contribution in [0.5, 0.6) is 0 Å². The molecule has 1 heterocycles. The van der Waals surface area contributed by atoms with Crippen LogP contribution in [0.2, 0.25) is 0 Å². The number of aliphatic imine (C=N–C) groups is 1. The number of piperidine rings is 1. The monoisotopic (exact) mass is 520 g/mol. The molecule has 1 aliphatic rings. The lowest BCUT2D eigenvalue weighted by Crippen LogP contribution is -2.46. The second-order valence-corrected chi connectivity index (χ2v) is 7.55. The average molecular weight is 520 g/mol. The zero-order valence-electron chi connectivity index (χ0n) is 17.7. The van der Waals surface area contributed by atoms with E-state index in [9.17, 15) is 4.79 Å². The molecule has 0 spiro atoms. The maximum atomic E-state index is 12.4. The van der Waals surface area contributed by atoms with E-state index in [0.717, 1.165) is 38.9 Å². The lowest BCUT2D eigenvalue weighted by atomic mass is 9.92. The van der Waals surface area contributed by atoms with Crippen LogP contribution in [0, 0.1) is 0 Å². The van der Waals surface area contributed by atoms with Gasteiger partial charge >= 0.3 is 0 Å². The van der Waals surface area contributed by atoms with E-state index in [1.54, 1.807) is 7.05 Å². The Morgan fingerprint density at radius 3 is 2.23 bits per heavy atom. The lowest BCUT2D eigenvalue weighted by molar-refractivity contribution is -0.130. The van der Waals surface area contributed by atoms with Crippen LogP contribution in [0.3, 0.4) is 0 Å². The first-order valence-electron chi connectivity index (χ1n) is 10.6. The normalized spacial score (nSPS) is 15.1. The summed E-state index contributed by atoms with van der Waals surface area (Å²) in [6.07, 6.45) is 4.39. The molecule has 5 nitrogen and oxygen atoms in total. The number of amides is 1. The number of carbonyl (C=O) groups excluding carboxylic acids is 1. The Morgan fingerprint density at radius 1 is 0.967 bits per heavy atom. The molecule has 162 valence electrons. The molecule has 0 saturated carbocycles. The van der Waals surface area contributed by atoms with E-state index in [0.29, 0.717) is 11.9 Å². The second kappa shape index (κ2) is 13.3. The highest BCUT2D eigenvalue weighted by atomic mass is 127. The molecule has 0 radical (unpaired) electrons. The van der Waals surface area contributed by atoms with Gasteiger partial charge in [-0.1, -0.05) is 60.7 Å². The summed E-state index contributed by atoms with van der Waals surface area (Å²) in [4.78, 5) is 18.7. The van der Waals surface area contributed by atoms with Gasteiger partial charge in [0, 0.05) is 32.6 Å². The topological polar surface area (TPSA) is 56.7 Å². The number of guanidine groups is 1. The standard InChI is InChI=1S/C24H32N4O.HI/c1-25-24(27-19-23(29)28-15-9-4-10-16-28)26-18-22(21-13-7-3-8-14-21)17-20-11-5-2-6-12-20;/h2-3,5-8,11-14,22H,4,9-10,15-19H2,1H3,(H2,25,26,27);1H. The number of nitrogens with zero attached hydrogens (tertiary/aromatic N) is 2. The highest BCUT2D eigenvalue weighted by Gasteiger charge is 2.17. The van der Waals surface area contributed by atoms with E-state index in [4.69, 9.17) is 0 Å². The summed E-state index contributed by atoms with van der Waals surface area (Å²) in [7, 11) is 1.75. The van der Waals surface area contributed by atoms with E-state index in [-0.39, 0.29) is 36.4 Å². The summed E-state index contributed by atoms with van der Waals surface area (Å²) < 4.78 is 0. The summed E-state index contributed by atoms with van der Waals surface area (Å²) >= 11 is 0. The minimum Gasteiger partial charge on any atom is -0.356 e. The Labute approximate surface area is 197 Å².